The molecule has 2 atom stereocenters. The standard InChI is InChI=1S/C15H14F2N4O/c16-11-2-1-10(7-12(11)17)19-15(22)14-8-13(20-21-14)9-3-5-18-6-4-9/h1-7,13-14,20-21H,8H2,(H,19,22). The highest BCUT2D eigenvalue weighted by atomic mass is 19.2. The Hall–Kier alpha value is -2.38. The van der Waals surface area contributed by atoms with Crippen molar-refractivity contribution >= 4 is 11.6 Å². The molecule has 1 amide bonds. The highest BCUT2D eigenvalue weighted by molar-refractivity contribution is 5.95. The van der Waals surface area contributed by atoms with Gasteiger partial charge in [0.15, 0.2) is 11.6 Å². The van der Waals surface area contributed by atoms with Crippen LogP contribution in [0.5, 0.6) is 0 Å². The Labute approximate surface area is 125 Å². The van der Waals surface area contributed by atoms with E-state index in [9.17, 15) is 13.6 Å². The molecule has 2 heterocycles. The molecule has 7 heteroatoms. The topological polar surface area (TPSA) is 66.0 Å². The minimum absolute atomic E-state index is 0.0105. The van der Waals surface area contributed by atoms with E-state index in [-0.39, 0.29) is 17.6 Å². The number of carbonyl (C=O) groups excluding carboxylic acids is 1. The van der Waals surface area contributed by atoms with Gasteiger partial charge in [0.25, 0.3) is 0 Å². The summed E-state index contributed by atoms with van der Waals surface area (Å²) in [6, 6.07) is 6.51. The lowest BCUT2D eigenvalue weighted by Gasteiger charge is -2.11. The minimum atomic E-state index is -0.995. The number of anilines is 1. The van der Waals surface area contributed by atoms with Crippen molar-refractivity contribution in [2.24, 2.45) is 0 Å². The number of pyridine rings is 1. The molecule has 0 bridgehead atoms. The van der Waals surface area contributed by atoms with E-state index in [1.165, 1.54) is 6.07 Å². The monoisotopic (exact) mass is 304 g/mol. The molecule has 0 radical (unpaired) electrons. The normalized spacial score (nSPS) is 20.8. The number of nitrogens with one attached hydrogen (secondary N) is 3. The number of nitrogens with zero attached hydrogens (tertiary/aromatic N) is 1. The molecule has 114 valence electrons. The van der Waals surface area contributed by atoms with E-state index >= 15 is 0 Å². The van der Waals surface area contributed by atoms with Gasteiger partial charge in [0, 0.05) is 30.2 Å². The quantitative estimate of drug-likeness (QED) is 0.810. The summed E-state index contributed by atoms with van der Waals surface area (Å²) in [6.07, 6.45) is 3.91. The molecule has 1 fully saturated rings. The van der Waals surface area contributed by atoms with E-state index < -0.39 is 17.7 Å². The van der Waals surface area contributed by atoms with Gasteiger partial charge in [-0.15, -0.1) is 0 Å². The van der Waals surface area contributed by atoms with E-state index in [1.807, 2.05) is 12.1 Å². The van der Waals surface area contributed by atoms with Crippen molar-refractivity contribution in [1.82, 2.24) is 15.8 Å². The summed E-state index contributed by atoms with van der Waals surface area (Å²) >= 11 is 0. The van der Waals surface area contributed by atoms with E-state index in [0.29, 0.717) is 6.42 Å². The van der Waals surface area contributed by atoms with Crippen LogP contribution < -0.4 is 16.2 Å². The van der Waals surface area contributed by atoms with Crippen molar-refractivity contribution in [3.8, 4) is 0 Å². The highest BCUT2D eigenvalue weighted by Crippen LogP contribution is 2.22. The molecule has 1 aliphatic heterocycles. The average molecular weight is 304 g/mol. The number of halogens is 2. The summed E-state index contributed by atoms with van der Waals surface area (Å²) in [5, 5.41) is 2.56. The lowest BCUT2D eigenvalue weighted by atomic mass is 10.0. The smallest absolute Gasteiger partial charge is 0.242 e. The minimum Gasteiger partial charge on any atom is -0.325 e. The highest BCUT2D eigenvalue weighted by Gasteiger charge is 2.30. The second-order valence-corrected chi connectivity index (χ2v) is 5.03. The van der Waals surface area contributed by atoms with Crippen LogP contribution >= 0.6 is 0 Å². The van der Waals surface area contributed by atoms with Crippen LogP contribution in [0.25, 0.3) is 0 Å². The van der Waals surface area contributed by atoms with Crippen molar-refractivity contribution in [2.75, 3.05) is 5.32 Å². The number of benzene rings is 1. The Morgan fingerprint density at radius 3 is 2.64 bits per heavy atom. The molecule has 2 unspecified atom stereocenters. The van der Waals surface area contributed by atoms with Crippen LogP contribution in [0.1, 0.15) is 18.0 Å². The molecule has 3 N–H and O–H groups in total. The van der Waals surface area contributed by atoms with Crippen molar-refractivity contribution in [3.63, 3.8) is 0 Å². The van der Waals surface area contributed by atoms with Crippen LogP contribution in [0.4, 0.5) is 14.5 Å². The van der Waals surface area contributed by atoms with E-state index in [2.05, 4.69) is 21.2 Å². The Morgan fingerprint density at radius 2 is 1.91 bits per heavy atom. The second kappa shape index (κ2) is 6.17. The van der Waals surface area contributed by atoms with Gasteiger partial charge in [-0.3, -0.25) is 9.78 Å². The van der Waals surface area contributed by atoms with Crippen LogP contribution in [0.2, 0.25) is 0 Å². The summed E-state index contributed by atoms with van der Waals surface area (Å²) < 4.78 is 26.0. The number of amides is 1. The molecular formula is C15H14F2N4O. The summed E-state index contributed by atoms with van der Waals surface area (Å²) in [6.45, 7) is 0. The first-order valence-electron chi connectivity index (χ1n) is 6.80. The van der Waals surface area contributed by atoms with Crippen LogP contribution in [0.15, 0.2) is 42.7 Å². The zero-order chi connectivity index (χ0) is 15.5. The molecule has 5 nitrogen and oxygen atoms in total. The van der Waals surface area contributed by atoms with Crippen molar-refractivity contribution < 1.29 is 13.6 Å². The number of carbonyl (C=O) groups is 1. The first-order valence-corrected chi connectivity index (χ1v) is 6.80. The van der Waals surface area contributed by atoms with Gasteiger partial charge in [-0.25, -0.2) is 19.6 Å². The molecule has 1 saturated heterocycles. The zero-order valence-electron chi connectivity index (χ0n) is 11.5. The Balaban J connectivity index is 1.63. The zero-order valence-corrected chi connectivity index (χ0v) is 11.5. The summed E-state index contributed by atoms with van der Waals surface area (Å²) in [7, 11) is 0. The predicted octanol–water partition coefficient (Wildman–Crippen LogP) is 1.91. The number of hydrazine groups is 1. The fourth-order valence-corrected chi connectivity index (χ4v) is 2.35. The number of hydrogen-bond donors (Lipinski definition) is 3. The third-order valence-electron chi connectivity index (χ3n) is 3.52. The van der Waals surface area contributed by atoms with Gasteiger partial charge in [0.2, 0.25) is 5.91 Å². The summed E-state index contributed by atoms with van der Waals surface area (Å²) in [5.41, 5.74) is 7.18. The molecule has 0 saturated carbocycles. The molecule has 0 spiro atoms. The summed E-state index contributed by atoms with van der Waals surface area (Å²) in [4.78, 5) is 16.1. The number of hydrogen-bond acceptors (Lipinski definition) is 4. The Morgan fingerprint density at radius 1 is 1.14 bits per heavy atom. The first kappa shape index (κ1) is 14.6. The Bertz CT molecular complexity index is 680. The van der Waals surface area contributed by atoms with Gasteiger partial charge in [-0.2, -0.15) is 0 Å². The molecule has 1 aromatic heterocycles. The van der Waals surface area contributed by atoms with Crippen LogP contribution in [-0.2, 0) is 4.79 Å². The number of aromatic nitrogens is 1. The van der Waals surface area contributed by atoms with Crippen LogP contribution in [0, 0.1) is 11.6 Å². The van der Waals surface area contributed by atoms with Crippen LogP contribution in [0.3, 0.4) is 0 Å². The molecule has 22 heavy (non-hydrogen) atoms. The third kappa shape index (κ3) is 3.10. The SMILES string of the molecule is O=C(Nc1ccc(F)c(F)c1)C1CC(c2ccncc2)NN1. The van der Waals surface area contributed by atoms with E-state index in [4.69, 9.17) is 0 Å². The molecule has 1 aliphatic rings. The third-order valence-corrected chi connectivity index (χ3v) is 3.52. The molecule has 0 aliphatic carbocycles. The maximum absolute atomic E-state index is 13.1. The van der Waals surface area contributed by atoms with Gasteiger partial charge in [0.05, 0.1) is 0 Å². The van der Waals surface area contributed by atoms with Gasteiger partial charge in [-0.05, 0) is 36.2 Å². The molecule has 3 rings (SSSR count). The van der Waals surface area contributed by atoms with E-state index in [0.717, 1.165) is 17.7 Å². The van der Waals surface area contributed by atoms with Crippen molar-refractivity contribution in [3.05, 3.63) is 59.9 Å². The molecule has 2 aromatic rings. The maximum atomic E-state index is 13.1. The predicted molar refractivity (Wildman–Crippen MR) is 76.6 cm³/mol. The average Bonchev–Trinajstić information content (AvgIpc) is 3.02. The van der Waals surface area contributed by atoms with Gasteiger partial charge in [0.1, 0.15) is 6.04 Å². The second-order valence-electron chi connectivity index (χ2n) is 5.03. The van der Waals surface area contributed by atoms with Gasteiger partial charge in [-0.1, -0.05) is 0 Å². The number of rotatable bonds is 3. The lowest BCUT2D eigenvalue weighted by molar-refractivity contribution is -0.117. The molecule has 1 aromatic carbocycles. The fraction of sp³-hybridized carbons (Fsp3) is 0.200. The van der Waals surface area contributed by atoms with E-state index in [1.54, 1.807) is 12.4 Å². The Kier molecular flexibility index (Phi) is 4.08. The largest absolute Gasteiger partial charge is 0.325 e. The van der Waals surface area contributed by atoms with Crippen LogP contribution in [-0.4, -0.2) is 16.9 Å². The maximum Gasteiger partial charge on any atom is 0.242 e. The van der Waals surface area contributed by atoms with Gasteiger partial charge >= 0.3 is 0 Å². The van der Waals surface area contributed by atoms with Crippen molar-refractivity contribution in [1.29, 1.82) is 0 Å². The molecular weight excluding hydrogens is 290 g/mol. The fourth-order valence-electron chi connectivity index (χ4n) is 2.35. The lowest BCUT2D eigenvalue weighted by Crippen LogP contribution is -2.39. The van der Waals surface area contributed by atoms with Gasteiger partial charge < -0.3 is 5.32 Å². The summed E-state index contributed by atoms with van der Waals surface area (Å²) in [5.74, 6) is -2.25. The first-order chi connectivity index (χ1) is 10.6. The van der Waals surface area contributed by atoms with Crippen molar-refractivity contribution in [2.45, 2.75) is 18.5 Å².